The molecule has 0 atom stereocenters. The van der Waals surface area contributed by atoms with Crippen molar-refractivity contribution in [2.45, 2.75) is 25.7 Å². The van der Waals surface area contributed by atoms with Crippen LogP contribution in [0.4, 0.5) is 11.4 Å². The van der Waals surface area contributed by atoms with Crippen LogP contribution < -0.4 is 20.9 Å². The number of benzene rings is 2. The Morgan fingerprint density at radius 1 is 0.704 bits per heavy atom. The van der Waals surface area contributed by atoms with Gasteiger partial charge in [0.2, 0.25) is 0 Å². The lowest BCUT2D eigenvalue weighted by atomic mass is 10.2. The molecule has 0 aromatic heterocycles. The summed E-state index contributed by atoms with van der Waals surface area (Å²) in [6.45, 7) is 0.299. The molecule has 0 aliphatic rings. The van der Waals surface area contributed by atoms with E-state index in [9.17, 15) is 9.59 Å². The van der Waals surface area contributed by atoms with Crippen molar-refractivity contribution >= 4 is 23.3 Å². The van der Waals surface area contributed by atoms with E-state index in [1.165, 1.54) is 0 Å². The number of carbonyl (C=O) groups is 2. The lowest BCUT2D eigenvalue weighted by Gasteiger charge is -2.06. The molecule has 0 bridgehead atoms. The topological polar surface area (TPSA) is 114 Å². The third-order valence-electron chi connectivity index (χ3n) is 3.61. The molecule has 2 aromatic rings. The molecule has 0 amide bonds. The second kappa shape index (κ2) is 10.8. The minimum absolute atomic E-state index is 0.121. The predicted molar refractivity (Wildman–Crippen MR) is 102 cm³/mol. The van der Waals surface area contributed by atoms with E-state index in [0.29, 0.717) is 42.3 Å². The minimum atomic E-state index is -0.466. The van der Waals surface area contributed by atoms with Crippen molar-refractivity contribution in [1.82, 2.24) is 0 Å². The summed E-state index contributed by atoms with van der Waals surface area (Å²) >= 11 is 0. The van der Waals surface area contributed by atoms with Gasteiger partial charge in [-0.25, -0.2) is 4.79 Å². The number of nitrogen functional groups attached to an aromatic ring is 2. The van der Waals surface area contributed by atoms with Crippen molar-refractivity contribution in [2.75, 3.05) is 24.7 Å². The standard InChI is InChI=1S/C20H24N2O5/c21-15-5-9-17(10-6-15)26-19(23)4-2-1-3-13-25-14-20(24)27-18-11-7-16(22)8-12-18/h5-12H,1-4,13-14,21-22H2. The van der Waals surface area contributed by atoms with E-state index in [-0.39, 0.29) is 12.6 Å². The number of hydrogen-bond donors (Lipinski definition) is 2. The Morgan fingerprint density at radius 2 is 1.22 bits per heavy atom. The molecule has 0 heterocycles. The maximum absolute atomic E-state index is 11.7. The molecule has 4 N–H and O–H groups in total. The highest BCUT2D eigenvalue weighted by molar-refractivity contribution is 5.73. The fourth-order valence-corrected chi connectivity index (χ4v) is 2.22. The van der Waals surface area contributed by atoms with Crippen LogP contribution >= 0.6 is 0 Å². The quantitative estimate of drug-likeness (QED) is 0.285. The Bertz CT molecular complexity index is 666. The van der Waals surface area contributed by atoms with Gasteiger partial charge in [0.05, 0.1) is 0 Å². The number of nitrogens with two attached hydrogens (primary N) is 2. The van der Waals surface area contributed by atoms with Crippen LogP contribution in [0.5, 0.6) is 11.5 Å². The highest BCUT2D eigenvalue weighted by atomic mass is 16.6. The Balaban J connectivity index is 1.49. The monoisotopic (exact) mass is 372 g/mol. The maximum Gasteiger partial charge on any atom is 0.337 e. The number of unbranched alkanes of at least 4 members (excludes halogenated alkanes) is 2. The molecule has 7 nitrogen and oxygen atoms in total. The van der Waals surface area contributed by atoms with E-state index in [0.717, 1.165) is 12.8 Å². The molecule has 0 aliphatic carbocycles. The average Bonchev–Trinajstić information content (AvgIpc) is 2.65. The Kier molecular flexibility index (Phi) is 8.12. The molecule has 0 saturated carbocycles. The van der Waals surface area contributed by atoms with Crippen LogP contribution in [-0.2, 0) is 14.3 Å². The van der Waals surface area contributed by atoms with Gasteiger partial charge in [0.1, 0.15) is 18.1 Å². The summed E-state index contributed by atoms with van der Waals surface area (Å²) in [6.07, 6.45) is 2.55. The van der Waals surface area contributed by atoms with Gasteiger partial charge in [0.25, 0.3) is 0 Å². The molecule has 0 aliphatic heterocycles. The van der Waals surface area contributed by atoms with Crippen LogP contribution in [0.15, 0.2) is 48.5 Å². The van der Waals surface area contributed by atoms with E-state index in [1.54, 1.807) is 48.5 Å². The van der Waals surface area contributed by atoms with Gasteiger partial charge in [-0.1, -0.05) is 6.42 Å². The third-order valence-corrected chi connectivity index (χ3v) is 3.61. The molecule has 0 spiro atoms. The van der Waals surface area contributed by atoms with Gasteiger partial charge in [-0.3, -0.25) is 4.79 Å². The second-order valence-electron chi connectivity index (χ2n) is 5.95. The second-order valence-corrected chi connectivity index (χ2v) is 5.95. The number of anilines is 2. The van der Waals surface area contributed by atoms with Crippen molar-refractivity contribution < 1.29 is 23.8 Å². The Labute approximate surface area is 158 Å². The van der Waals surface area contributed by atoms with Crippen LogP contribution in [0, 0.1) is 0 Å². The largest absolute Gasteiger partial charge is 0.427 e. The van der Waals surface area contributed by atoms with Crippen molar-refractivity contribution in [2.24, 2.45) is 0 Å². The molecule has 144 valence electrons. The van der Waals surface area contributed by atoms with E-state index in [4.69, 9.17) is 25.7 Å². The molecule has 0 radical (unpaired) electrons. The summed E-state index contributed by atoms with van der Waals surface area (Å²) in [4.78, 5) is 23.3. The summed E-state index contributed by atoms with van der Waals surface area (Å²) < 4.78 is 15.6. The summed E-state index contributed by atoms with van der Waals surface area (Å²) in [5.74, 6) is 0.161. The van der Waals surface area contributed by atoms with Gasteiger partial charge < -0.3 is 25.7 Å². The fourth-order valence-electron chi connectivity index (χ4n) is 2.22. The summed E-state index contributed by atoms with van der Waals surface area (Å²) in [5.41, 5.74) is 12.3. The van der Waals surface area contributed by atoms with Crippen LogP contribution in [0.1, 0.15) is 25.7 Å². The smallest absolute Gasteiger partial charge is 0.337 e. The Morgan fingerprint density at radius 3 is 1.78 bits per heavy atom. The lowest BCUT2D eigenvalue weighted by molar-refractivity contribution is -0.139. The van der Waals surface area contributed by atoms with Gasteiger partial charge in [-0.05, 0) is 61.4 Å². The van der Waals surface area contributed by atoms with E-state index in [1.807, 2.05) is 0 Å². The minimum Gasteiger partial charge on any atom is -0.427 e. The van der Waals surface area contributed by atoms with Gasteiger partial charge >= 0.3 is 11.9 Å². The number of hydrogen-bond acceptors (Lipinski definition) is 7. The van der Waals surface area contributed by atoms with Crippen molar-refractivity contribution in [3.8, 4) is 11.5 Å². The van der Waals surface area contributed by atoms with Crippen LogP contribution in [0.25, 0.3) is 0 Å². The molecule has 2 aromatic carbocycles. The first-order valence-corrected chi connectivity index (χ1v) is 8.73. The first-order chi connectivity index (χ1) is 13.0. The van der Waals surface area contributed by atoms with Crippen molar-refractivity contribution in [3.05, 3.63) is 48.5 Å². The SMILES string of the molecule is Nc1ccc(OC(=O)CCCCCOCC(=O)Oc2ccc(N)cc2)cc1. The van der Waals surface area contributed by atoms with E-state index in [2.05, 4.69) is 0 Å². The highest BCUT2D eigenvalue weighted by Crippen LogP contribution is 2.15. The first kappa shape index (κ1) is 20.3. The van der Waals surface area contributed by atoms with Gasteiger partial charge in [-0.2, -0.15) is 0 Å². The molecule has 2 rings (SSSR count). The van der Waals surface area contributed by atoms with Gasteiger partial charge in [0, 0.05) is 24.4 Å². The molecular weight excluding hydrogens is 348 g/mol. The van der Waals surface area contributed by atoms with Crippen molar-refractivity contribution in [3.63, 3.8) is 0 Å². The molecular formula is C20H24N2O5. The Hall–Kier alpha value is -3.06. The van der Waals surface area contributed by atoms with Crippen molar-refractivity contribution in [1.29, 1.82) is 0 Å². The van der Waals surface area contributed by atoms with Crippen LogP contribution in [0.3, 0.4) is 0 Å². The molecule has 0 saturated heterocycles. The molecule has 0 fully saturated rings. The molecule has 7 heteroatoms. The number of ether oxygens (including phenoxy) is 3. The summed E-state index contributed by atoms with van der Waals surface area (Å²) in [5, 5.41) is 0. The molecule has 0 unspecified atom stereocenters. The number of esters is 2. The lowest BCUT2D eigenvalue weighted by Crippen LogP contribution is -2.16. The zero-order valence-electron chi connectivity index (χ0n) is 15.1. The third kappa shape index (κ3) is 8.24. The zero-order chi connectivity index (χ0) is 19.5. The van der Waals surface area contributed by atoms with E-state index >= 15 is 0 Å². The number of carbonyl (C=O) groups excluding carboxylic acids is 2. The summed E-state index contributed by atoms with van der Waals surface area (Å²) in [6, 6.07) is 13.2. The van der Waals surface area contributed by atoms with Gasteiger partial charge in [0.15, 0.2) is 0 Å². The zero-order valence-corrected chi connectivity index (χ0v) is 15.1. The molecule has 27 heavy (non-hydrogen) atoms. The normalized spacial score (nSPS) is 10.4. The average molecular weight is 372 g/mol. The predicted octanol–water partition coefficient (Wildman–Crippen LogP) is 2.94. The van der Waals surface area contributed by atoms with Crippen LogP contribution in [0.2, 0.25) is 0 Å². The first-order valence-electron chi connectivity index (χ1n) is 8.73. The van der Waals surface area contributed by atoms with E-state index < -0.39 is 5.97 Å². The highest BCUT2D eigenvalue weighted by Gasteiger charge is 2.06. The van der Waals surface area contributed by atoms with Gasteiger partial charge in [-0.15, -0.1) is 0 Å². The number of rotatable bonds is 10. The maximum atomic E-state index is 11.7. The fraction of sp³-hybridized carbons (Fsp3) is 0.300. The summed E-state index contributed by atoms with van der Waals surface area (Å²) in [7, 11) is 0. The van der Waals surface area contributed by atoms with Crippen LogP contribution in [-0.4, -0.2) is 25.2 Å².